The number of nitriles is 1. The monoisotopic (exact) mass is 227 g/mol. The molecule has 0 rings (SSSR count). The minimum Gasteiger partial charge on any atom is -0.392 e. The van der Waals surface area contributed by atoms with Crippen LogP contribution in [0.15, 0.2) is 0 Å². The number of aliphatic hydroxyl groups excluding tert-OH is 1. The topological polar surface area (TPSA) is 85.2 Å². The van der Waals surface area contributed by atoms with E-state index in [1.54, 1.807) is 0 Å². The van der Waals surface area contributed by atoms with E-state index < -0.39 is 6.10 Å². The van der Waals surface area contributed by atoms with E-state index in [1.807, 2.05) is 19.9 Å². The van der Waals surface area contributed by atoms with Gasteiger partial charge in [0.05, 0.1) is 25.1 Å². The molecule has 5 nitrogen and oxygen atoms in total. The van der Waals surface area contributed by atoms with Crippen molar-refractivity contribution in [3.8, 4) is 6.07 Å². The SMILES string of the molecule is CC(C)CC(O)CNCC(=O)NCCC#N. The van der Waals surface area contributed by atoms with Gasteiger partial charge in [-0.15, -0.1) is 0 Å². The maximum absolute atomic E-state index is 11.2. The highest BCUT2D eigenvalue weighted by molar-refractivity contribution is 5.77. The number of carbonyl (C=O) groups is 1. The third-order valence-electron chi connectivity index (χ3n) is 1.97. The van der Waals surface area contributed by atoms with Crippen molar-refractivity contribution < 1.29 is 9.90 Å². The van der Waals surface area contributed by atoms with Crippen LogP contribution in [0.3, 0.4) is 0 Å². The zero-order valence-electron chi connectivity index (χ0n) is 9.99. The largest absolute Gasteiger partial charge is 0.392 e. The summed E-state index contributed by atoms with van der Waals surface area (Å²) in [5, 5.41) is 23.2. The van der Waals surface area contributed by atoms with Gasteiger partial charge in [0.2, 0.25) is 5.91 Å². The Hall–Kier alpha value is -1.12. The quantitative estimate of drug-likeness (QED) is 0.510. The van der Waals surface area contributed by atoms with Crippen LogP contribution in [0.4, 0.5) is 0 Å². The molecule has 92 valence electrons. The van der Waals surface area contributed by atoms with Gasteiger partial charge < -0.3 is 15.7 Å². The highest BCUT2D eigenvalue weighted by Gasteiger charge is 2.07. The normalized spacial score (nSPS) is 12.2. The molecule has 1 unspecified atom stereocenters. The minimum atomic E-state index is -0.410. The van der Waals surface area contributed by atoms with E-state index in [9.17, 15) is 9.90 Å². The van der Waals surface area contributed by atoms with Crippen LogP contribution < -0.4 is 10.6 Å². The molecule has 0 saturated heterocycles. The smallest absolute Gasteiger partial charge is 0.233 e. The zero-order valence-corrected chi connectivity index (χ0v) is 9.99. The van der Waals surface area contributed by atoms with Crippen molar-refractivity contribution in [2.45, 2.75) is 32.8 Å². The van der Waals surface area contributed by atoms with Crippen molar-refractivity contribution in [3.63, 3.8) is 0 Å². The summed E-state index contributed by atoms with van der Waals surface area (Å²) in [6, 6.07) is 1.94. The summed E-state index contributed by atoms with van der Waals surface area (Å²) < 4.78 is 0. The highest BCUT2D eigenvalue weighted by Crippen LogP contribution is 2.02. The molecule has 0 aromatic heterocycles. The van der Waals surface area contributed by atoms with Gasteiger partial charge in [0.1, 0.15) is 0 Å². The lowest BCUT2D eigenvalue weighted by Gasteiger charge is -2.13. The van der Waals surface area contributed by atoms with Crippen LogP contribution in [0.5, 0.6) is 0 Å². The van der Waals surface area contributed by atoms with Crippen molar-refractivity contribution >= 4 is 5.91 Å². The first-order valence-corrected chi connectivity index (χ1v) is 5.58. The number of rotatable bonds is 8. The Bertz CT molecular complexity index is 236. The number of aliphatic hydroxyl groups is 1. The van der Waals surface area contributed by atoms with Crippen molar-refractivity contribution in [2.75, 3.05) is 19.6 Å². The fourth-order valence-electron chi connectivity index (χ4n) is 1.30. The van der Waals surface area contributed by atoms with E-state index in [-0.39, 0.29) is 12.5 Å². The lowest BCUT2D eigenvalue weighted by Crippen LogP contribution is -2.37. The average Bonchev–Trinajstić information content (AvgIpc) is 2.17. The van der Waals surface area contributed by atoms with E-state index >= 15 is 0 Å². The Kier molecular flexibility index (Phi) is 8.49. The molecular weight excluding hydrogens is 206 g/mol. The van der Waals surface area contributed by atoms with Gasteiger partial charge in [-0.25, -0.2) is 0 Å². The summed E-state index contributed by atoms with van der Waals surface area (Å²) in [4.78, 5) is 11.2. The number of carbonyl (C=O) groups excluding carboxylic acids is 1. The molecule has 0 fully saturated rings. The third kappa shape index (κ3) is 9.44. The Balaban J connectivity index is 3.43. The van der Waals surface area contributed by atoms with Gasteiger partial charge in [-0.3, -0.25) is 4.79 Å². The first kappa shape index (κ1) is 14.9. The minimum absolute atomic E-state index is 0.146. The average molecular weight is 227 g/mol. The van der Waals surface area contributed by atoms with Crippen LogP contribution in [0, 0.1) is 17.2 Å². The van der Waals surface area contributed by atoms with Crippen molar-refractivity contribution in [2.24, 2.45) is 5.92 Å². The maximum Gasteiger partial charge on any atom is 0.233 e. The number of amides is 1. The number of nitrogens with zero attached hydrogens (tertiary/aromatic N) is 1. The van der Waals surface area contributed by atoms with Gasteiger partial charge in [0, 0.05) is 13.1 Å². The molecule has 5 heteroatoms. The standard InChI is InChI=1S/C11H21N3O2/c1-9(2)6-10(15)7-13-8-11(16)14-5-3-4-12/h9-10,13,15H,3,5-8H2,1-2H3,(H,14,16). The summed E-state index contributed by atoms with van der Waals surface area (Å²) >= 11 is 0. The van der Waals surface area contributed by atoms with Gasteiger partial charge >= 0.3 is 0 Å². The predicted octanol–water partition coefficient (Wildman–Crippen LogP) is 0.0129. The van der Waals surface area contributed by atoms with Crippen LogP contribution in [-0.4, -0.2) is 36.8 Å². The van der Waals surface area contributed by atoms with Crippen LogP contribution in [0.1, 0.15) is 26.7 Å². The van der Waals surface area contributed by atoms with E-state index in [0.29, 0.717) is 25.4 Å². The zero-order chi connectivity index (χ0) is 12.4. The molecule has 0 spiro atoms. The Labute approximate surface area is 96.8 Å². The summed E-state index contributed by atoms with van der Waals surface area (Å²) in [5.74, 6) is 0.299. The van der Waals surface area contributed by atoms with Crippen LogP contribution >= 0.6 is 0 Å². The van der Waals surface area contributed by atoms with E-state index in [1.165, 1.54) is 0 Å². The first-order valence-electron chi connectivity index (χ1n) is 5.58. The molecule has 0 aliphatic heterocycles. The van der Waals surface area contributed by atoms with Gasteiger partial charge in [-0.1, -0.05) is 13.8 Å². The molecule has 0 aliphatic carbocycles. The van der Waals surface area contributed by atoms with Gasteiger partial charge in [-0.05, 0) is 12.3 Å². The number of hydrogen-bond acceptors (Lipinski definition) is 4. The predicted molar refractivity (Wildman–Crippen MR) is 61.6 cm³/mol. The Morgan fingerprint density at radius 1 is 1.50 bits per heavy atom. The Morgan fingerprint density at radius 3 is 2.75 bits per heavy atom. The molecule has 16 heavy (non-hydrogen) atoms. The van der Waals surface area contributed by atoms with Crippen molar-refractivity contribution in [1.82, 2.24) is 10.6 Å². The summed E-state index contributed by atoms with van der Waals surface area (Å²) in [5.41, 5.74) is 0. The molecule has 1 amide bonds. The number of hydrogen-bond donors (Lipinski definition) is 3. The molecule has 0 heterocycles. The fourth-order valence-corrected chi connectivity index (χ4v) is 1.30. The van der Waals surface area contributed by atoms with Crippen LogP contribution in [-0.2, 0) is 4.79 Å². The fraction of sp³-hybridized carbons (Fsp3) is 0.818. The molecule has 3 N–H and O–H groups in total. The van der Waals surface area contributed by atoms with Crippen LogP contribution in [0.25, 0.3) is 0 Å². The lowest BCUT2D eigenvalue weighted by molar-refractivity contribution is -0.120. The van der Waals surface area contributed by atoms with E-state index in [4.69, 9.17) is 5.26 Å². The van der Waals surface area contributed by atoms with E-state index in [0.717, 1.165) is 6.42 Å². The van der Waals surface area contributed by atoms with E-state index in [2.05, 4.69) is 10.6 Å². The molecule has 0 bridgehead atoms. The summed E-state index contributed by atoms with van der Waals surface area (Å²) in [6.07, 6.45) is 0.636. The lowest BCUT2D eigenvalue weighted by atomic mass is 10.1. The van der Waals surface area contributed by atoms with Crippen molar-refractivity contribution in [1.29, 1.82) is 5.26 Å². The van der Waals surface area contributed by atoms with Crippen LogP contribution in [0.2, 0.25) is 0 Å². The molecule has 1 atom stereocenters. The summed E-state index contributed by atoms with van der Waals surface area (Å²) in [6.45, 7) is 5.06. The summed E-state index contributed by atoms with van der Waals surface area (Å²) in [7, 11) is 0. The van der Waals surface area contributed by atoms with Crippen molar-refractivity contribution in [3.05, 3.63) is 0 Å². The highest BCUT2D eigenvalue weighted by atomic mass is 16.3. The molecule has 0 aromatic rings. The van der Waals surface area contributed by atoms with Gasteiger partial charge in [0.25, 0.3) is 0 Å². The number of nitrogens with one attached hydrogen (secondary N) is 2. The molecule has 0 radical (unpaired) electrons. The molecule has 0 saturated carbocycles. The molecular formula is C11H21N3O2. The molecule has 0 aliphatic rings. The second-order valence-electron chi connectivity index (χ2n) is 4.17. The second-order valence-corrected chi connectivity index (χ2v) is 4.17. The Morgan fingerprint density at radius 2 is 2.19 bits per heavy atom. The third-order valence-corrected chi connectivity index (χ3v) is 1.97. The van der Waals surface area contributed by atoms with Gasteiger partial charge in [-0.2, -0.15) is 5.26 Å². The maximum atomic E-state index is 11.2. The molecule has 0 aromatic carbocycles. The first-order chi connectivity index (χ1) is 7.56. The second kappa shape index (κ2) is 9.13. The van der Waals surface area contributed by atoms with Gasteiger partial charge in [0.15, 0.2) is 0 Å².